The molecule has 0 spiro atoms. The van der Waals surface area contributed by atoms with Gasteiger partial charge in [-0.25, -0.2) is 9.97 Å². The van der Waals surface area contributed by atoms with Gasteiger partial charge < -0.3 is 25.3 Å². The highest BCUT2D eigenvalue weighted by Gasteiger charge is 2.28. The van der Waals surface area contributed by atoms with Crippen molar-refractivity contribution in [3.8, 4) is 28.8 Å². The second kappa shape index (κ2) is 9.40. The minimum Gasteiger partial charge on any atom is -0.488 e. The molecular formula is C25H29N5O3. The third-order valence-corrected chi connectivity index (χ3v) is 6.35. The van der Waals surface area contributed by atoms with Crippen LogP contribution >= 0.6 is 0 Å². The molecular weight excluding hydrogens is 418 g/mol. The van der Waals surface area contributed by atoms with Crippen LogP contribution in [-0.2, 0) is 4.74 Å². The van der Waals surface area contributed by atoms with Crippen molar-refractivity contribution in [3.63, 3.8) is 0 Å². The predicted octanol–water partition coefficient (Wildman–Crippen LogP) is 2.57. The summed E-state index contributed by atoms with van der Waals surface area (Å²) in [6.07, 6.45) is 7.06. The second-order valence-corrected chi connectivity index (χ2v) is 8.69. The molecule has 2 aliphatic rings. The summed E-state index contributed by atoms with van der Waals surface area (Å²) in [4.78, 5) is 14.2. The van der Waals surface area contributed by atoms with Crippen LogP contribution in [0.5, 0.6) is 5.75 Å². The van der Waals surface area contributed by atoms with Crippen molar-refractivity contribution in [1.82, 2.24) is 19.9 Å². The van der Waals surface area contributed by atoms with Gasteiger partial charge in [0.1, 0.15) is 17.9 Å². The fourth-order valence-electron chi connectivity index (χ4n) is 4.46. The molecule has 1 aromatic carbocycles. The first-order valence-electron chi connectivity index (χ1n) is 11.5. The van der Waals surface area contributed by atoms with Gasteiger partial charge in [0.25, 0.3) is 0 Å². The fraction of sp³-hybridized carbons (Fsp3) is 0.440. The number of anilines is 1. The molecule has 8 nitrogen and oxygen atoms in total. The number of nitrogens with one attached hydrogen (secondary N) is 1. The Labute approximate surface area is 193 Å². The Balaban J connectivity index is 1.41. The van der Waals surface area contributed by atoms with Crippen molar-refractivity contribution in [3.05, 3.63) is 36.2 Å². The number of fused-ring (bicyclic) bond motifs is 1. The molecule has 3 heterocycles. The van der Waals surface area contributed by atoms with Gasteiger partial charge in [0.15, 0.2) is 5.75 Å². The molecule has 172 valence electrons. The summed E-state index contributed by atoms with van der Waals surface area (Å²) in [5.41, 5.74) is 8.40. The number of H-pyrrole nitrogens is 1. The molecule has 8 heteroatoms. The maximum atomic E-state index is 10.6. The zero-order valence-corrected chi connectivity index (χ0v) is 18.6. The summed E-state index contributed by atoms with van der Waals surface area (Å²) in [6, 6.07) is 5.97. The van der Waals surface area contributed by atoms with Gasteiger partial charge >= 0.3 is 0 Å². The summed E-state index contributed by atoms with van der Waals surface area (Å²) in [5, 5.41) is 11.5. The zero-order valence-electron chi connectivity index (χ0n) is 18.6. The molecule has 2 aromatic heterocycles. The van der Waals surface area contributed by atoms with Crippen molar-refractivity contribution < 1.29 is 14.6 Å². The SMILES string of the molecule is Nc1ncc(OCCN2CCOCC2)c(-c2c[nH]c3ccc(C#CC4(O)CCCC4)cc23)n1. The molecule has 0 amide bonds. The molecule has 0 radical (unpaired) electrons. The Morgan fingerprint density at radius 3 is 2.88 bits per heavy atom. The molecule has 0 atom stereocenters. The molecule has 0 bridgehead atoms. The minimum atomic E-state index is -0.863. The van der Waals surface area contributed by atoms with Gasteiger partial charge in [0.2, 0.25) is 5.95 Å². The van der Waals surface area contributed by atoms with E-state index in [2.05, 4.69) is 31.7 Å². The summed E-state index contributed by atoms with van der Waals surface area (Å²) >= 11 is 0. The number of rotatable bonds is 5. The third kappa shape index (κ3) is 4.96. The number of aliphatic hydroxyl groups is 1. The Morgan fingerprint density at radius 2 is 2.06 bits per heavy atom. The number of nitrogens with zero attached hydrogens (tertiary/aromatic N) is 3. The van der Waals surface area contributed by atoms with E-state index < -0.39 is 5.60 Å². The number of hydrogen-bond acceptors (Lipinski definition) is 7. The van der Waals surface area contributed by atoms with E-state index in [0.717, 1.165) is 80.6 Å². The van der Waals surface area contributed by atoms with Crippen LogP contribution in [0.25, 0.3) is 22.2 Å². The molecule has 0 unspecified atom stereocenters. The number of aromatic nitrogens is 3. The largest absolute Gasteiger partial charge is 0.488 e. The van der Waals surface area contributed by atoms with Crippen molar-refractivity contribution >= 4 is 16.9 Å². The number of benzene rings is 1. The molecule has 1 saturated heterocycles. The average Bonchev–Trinajstić information content (AvgIpc) is 3.46. The van der Waals surface area contributed by atoms with Gasteiger partial charge in [-0.2, -0.15) is 0 Å². The molecule has 33 heavy (non-hydrogen) atoms. The number of nitrogen functional groups attached to an aromatic ring is 1. The Kier molecular flexibility index (Phi) is 6.18. The van der Waals surface area contributed by atoms with Crippen LogP contribution in [-0.4, -0.2) is 70.0 Å². The lowest BCUT2D eigenvalue weighted by molar-refractivity contribution is 0.0322. The smallest absolute Gasteiger partial charge is 0.220 e. The highest BCUT2D eigenvalue weighted by Crippen LogP contribution is 2.34. The normalized spacial score (nSPS) is 18.2. The van der Waals surface area contributed by atoms with Gasteiger partial charge in [0.05, 0.1) is 19.4 Å². The summed E-state index contributed by atoms with van der Waals surface area (Å²) in [6.45, 7) is 4.68. The number of hydrogen-bond donors (Lipinski definition) is 3. The maximum absolute atomic E-state index is 10.6. The highest BCUT2D eigenvalue weighted by atomic mass is 16.5. The van der Waals surface area contributed by atoms with Crippen LogP contribution < -0.4 is 10.5 Å². The van der Waals surface area contributed by atoms with Crippen LogP contribution in [0, 0.1) is 11.8 Å². The Morgan fingerprint density at radius 1 is 1.24 bits per heavy atom. The van der Waals surface area contributed by atoms with Crippen LogP contribution in [0.1, 0.15) is 31.2 Å². The molecule has 1 aliphatic carbocycles. The van der Waals surface area contributed by atoms with Gasteiger partial charge in [0, 0.05) is 47.9 Å². The van der Waals surface area contributed by atoms with E-state index in [-0.39, 0.29) is 5.95 Å². The molecule has 1 saturated carbocycles. The van der Waals surface area contributed by atoms with Crippen molar-refractivity contribution in [1.29, 1.82) is 0 Å². The minimum absolute atomic E-state index is 0.194. The second-order valence-electron chi connectivity index (χ2n) is 8.69. The number of morpholine rings is 1. The fourth-order valence-corrected chi connectivity index (χ4v) is 4.46. The summed E-state index contributed by atoms with van der Waals surface area (Å²) < 4.78 is 11.5. The average molecular weight is 448 g/mol. The Hall–Kier alpha value is -3.12. The highest BCUT2D eigenvalue weighted by molar-refractivity contribution is 5.96. The van der Waals surface area contributed by atoms with E-state index in [1.807, 2.05) is 24.4 Å². The maximum Gasteiger partial charge on any atom is 0.220 e. The molecule has 2 fully saturated rings. The van der Waals surface area contributed by atoms with E-state index in [1.54, 1.807) is 6.20 Å². The lowest BCUT2D eigenvalue weighted by Gasteiger charge is -2.26. The van der Waals surface area contributed by atoms with Crippen molar-refractivity contribution in [2.24, 2.45) is 0 Å². The summed E-state index contributed by atoms with van der Waals surface area (Å²) in [5.74, 6) is 7.03. The van der Waals surface area contributed by atoms with E-state index in [9.17, 15) is 5.11 Å². The van der Waals surface area contributed by atoms with E-state index >= 15 is 0 Å². The quantitative estimate of drug-likeness (QED) is 0.516. The number of aromatic amines is 1. The van der Waals surface area contributed by atoms with Gasteiger partial charge in [-0.3, -0.25) is 4.90 Å². The topological polar surface area (TPSA) is 110 Å². The van der Waals surface area contributed by atoms with Crippen molar-refractivity contribution in [2.45, 2.75) is 31.3 Å². The van der Waals surface area contributed by atoms with Crippen LogP contribution in [0.3, 0.4) is 0 Å². The van der Waals surface area contributed by atoms with Crippen LogP contribution in [0.2, 0.25) is 0 Å². The lowest BCUT2D eigenvalue weighted by atomic mass is 10.0. The molecule has 5 rings (SSSR count). The first-order valence-corrected chi connectivity index (χ1v) is 11.5. The molecule has 3 aromatic rings. The number of nitrogens with two attached hydrogens (primary N) is 1. The first kappa shape index (κ1) is 21.7. The molecule has 4 N–H and O–H groups in total. The molecule has 1 aliphatic heterocycles. The van der Waals surface area contributed by atoms with Crippen LogP contribution in [0.4, 0.5) is 5.95 Å². The summed E-state index contributed by atoms with van der Waals surface area (Å²) in [7, 11) is 0. The Bertz CT molecular complexity index is 1180. The zero-order chi connectivity index (χ0) is 22.7. The van der Waals surface area contributed by atoms with Gasteiger partial charge in [-0.15, -0.1) is 0 Å². The number of ether oxygens (including phenoxy) is 2. The van der Waals surface area contributed by atoms with E-state index in [1.165, 1.54) is 0 Å². The predicted molar refractivity (Wildman–Crippen MR) is 127 cm³/mol. The van der Waals surface area contributed by atoms with E-state index in [0.29, 0.717) is 18.1 Å². The lowest BCUT2D eigenvalue weighted by Crippen LogP contribution is -2.38. The van der Waals surface area contributed by atoms with Crippen molar-refractivity contribution in [2.75, 3.05) is 45.2 Å². The van der Waals surface area contributed by atoms with E-state index in [4.69, 9.17) is 15.2 Å². The van der Waals surface area contributed by atoms with Gasteiger partial charge in [-0.05, 0) is 43.9 Å². The van der Waals surface area contributed by atoms with Gasteiger partial charge in [-0.1, -0.05) is 11.8 Å². The van der Waals surface area contributed by atoms with Crippen LogP contribution in [0.15, 0.2) is 30.6 Å². The standard InChI is InChI=1S/C25H29N5O3/c26-24-28-17-22(33-14-11-30-9-12-32-13-10-30)23(29-24)20-16-27-21-4-3-18(15-19(20)21)5-8-25(31)6-1-2-7-25/h3-4,15-17,27,31H,1-2,6-7,9-14H2,(H2,26,28,29). The first-order chi connectivity index (χ1) is 16.1. The monoisotopic (exact) mass is 447 g/mol. The third-order valence-electron chi connectivity index (χ3n) is 6.35.